The third kappa shape index (κ3) is 4.62. The van der Waals surface area contributed by atoms with Crippen molar-refractivity contribution in [3.63, 3.8) is 0 Å². The van der Waals surface area contributed by atoms with Crippen molar-refractivity contribution in [1.82, 2.24) is 9.80 Å². The molecule has 2 atom stereocenters. The average Bonchev–Trinajstić information content (AvgIpc) is 3.30. The highest BCUT2D eigenvalue weighted by atomic mass is 16.5. The summed E-state index contributed by atoms with van der Waals surface area (Å²) in [5, 5.41) is 8.96. The number of carboxylic acids is 1. The first kappa shape index (κ1) is 18.9. The Morgan fingerprint density at radius 1 is 1.19 bits per heavy atom. The van der Waals surface area contributed by atoms with Gasteiger partial charge in [0.25, 0.3) is 0 Å². The summed E-state index contributed by atoms with van der Waals surface area (Å²) in [7, 11) is 1.72. The number of amides is 1. The van der Waals surface area contributed by atoms with E-state index in [1.165, 1.54) is 12.8 Å². The van der Waals surface area contributed by atoms with Crippen LogP contribution >= 0.6 is 0 Å². The molecule has 0 saturated carbocycles. The van der Waals surface area contributed by atoms with Gasteiger partial charge in [-0.3, -0.25) is 4.79 Å². The number of aryl methyl sites for hydroxylation is 1. The Balaban J connectivity index is 1.56. The topological polar surface area (TPSA) is 70.1 Å². The molecule has 1 aromatic rings. The molecule has 2 fully saturated rings. The third-order valence-electron chi connectivity index (χ3n) is 5.53. The minimum absolute atomic E-state index is 0.126. The maximum atomic E-state index is 12.8. The molecule has 0 aromatic heterocycles. The number of likely N-dealkylation sites (tertiary alicyclic amines) is 2. The van der Waals surface area contributed by atoms with Crippen LogP contribution < -0.4 is 0 Å². The van der Waals surface area contributed by atoms with Gasteiger partial charge in [-0.05, 0) is 56.5 Å². The van der Waals surface area contributed by atoms with Gasteiger partial charge in [-0.2, -0.15) is 0 Å². The van der Waals surface area contributed by atoms with Gasteiger partial charge in [-0.25, -0.2) is 4.79 Å². The van der Waals surface area contributed by atoms with E-state index in [4.69, 9.17) is 9.84 Å². The molecule has 142 valence electrons. The molecule has 6 heteroatoms. The predicted octanol–water partition coefficient (Wildman–Crippen LogP) is 2.03. The lowest BCUT2D eigenvalue weighted by molar-refractivity contribution is -0.132. The van der Waals surface area contributed by atoms with Gasteiger partial charge in [0.2, 0.25) is 5.91 Å². The molecule has 1 aromatic carbocycles. The Labute approximate surface area is 154 Å². The molecule has 6 nitrogen and oxygen atoms in total. The molecule has 0 bridgehead atoms. The summed E-state index contributed by atoms with van der Waals surface area (Å²) in [5.74, 6) is -0.767. The van der Waals surface area contributed by atoms with Crippen molar-refractivity contribution in [1.29, 1.82) is 0 Å². The number of hydrogen-bond acceptors (Lipinski definition) is 4. The standard InChI is InChI=1S/C20H28N2O4/c1-26-18-12-17(13-21-10-2-3-11-21)22(14-18)19(23)9-6-15-4-7-16(8-5-15)20(24)25/h4-5,7-8,17-18H,2-3,6,9-14H2,1H3,(H,24,25)/t17-,18-/m1/s1. The largest absolute Gasteiger partial charge is 0.478 e. The van der Waals surface area contributed by atoms with Crippen molar-refractivity contribution in [2.45, 2.75) is 44.2 Å². The van der Waals surface area contributed by atoms with Gasteiger partial charge in [0.05, 0.1) is 11.7 Å². The average molecular weight is 360 g/mol. The van der Waals surface area contributed by atoms with Gasteiger partial charge in [0.1, 0.15) is 0 Å². The van der Waals surface area contributed by atoms with Crippen LogP contribution in [-0.4, -0.2) is 72.2 Å². The van der Waals surface area contributed by atoms with Crippen LogP contribution in [0.5, 0.6) is 0 Å². The smallest absolute Gasteiger partial charge is 0.335 e. The minimum Gasteiger partial charge on any atom is -0.478 e. The SMILES string of the molecule is CO[C@@H]1C[C@H](CN2CCCC2)N(C(=O)CCc2ccc(C(=O)O)cc2)C1. The van der Waals surface area contributed by atoms with Gasteiger partial charge in [-0.1, -0.05) is 12.1 Å². The molecule has 2 saturated heterocycles. The lowest BCUT2D eigenvalue weighted by Gasteiger charge is -2.28. The summed E-state index contributed by atoms with van der Waals surface area (Å²) in [5.41, 5.74) is 1.26. The van der Waals surface area contributed by atoms with Gasteiger partial charge >= 0.3 is 5.97 Å². The van der Waals surface area contributed by atoms with E-state index in [1.54, 1.807) is 31.4 Å². The summed E-state index contributed by atoms with van der Waals surface area (Å²) < 4.78 is 5.52. The summed E-state index contributed by atoms with van der Waals surface area (Å²) in [6.07, 6.45) is 4.61. The normalized spacial score (nSPS) is 23.5. The fourth-order valence-corrected chi connectivity index (χ4v) is 4.00. The first-order valence-electron chi connectivity index (χ1n) is 9.43. The predicted molar refractivity (Wildman–Crippen MR) is 98.3 cm³/mol. The number of methoxy groups -OCH3 is 1. The van der Waals surface area contributed by atoms with Crippen LogP contribution in [0, 0.1) is 0 Å². The number of carboxylic acid groups (broad SMARTS) is 1. The van der Waals surface area contributed by atoms with E-state index in [-0.39, 0.29) is 23.6 Å². The van der Waals surface area contributed by atoms with E-state index in [0.29, 0.717) is 19.4 Å². The second-order valence-electron chi connectivity index (χ2n) is 7.30. The zero-order valence-electron chi connectivity index (χ0n) is 15.4. The Morgan fingerprint density at radius 3 is 2.50 bits per heavy atom. The third-order valence-corrected chi connectivity index (χ3v) is 5.53. The molecule has 2 aliphatic heterocycles. The maximum Gasteiger partial charge on any atom is 0.335 e. The summed E-state index contributed by atoms with van der Waals surface area (Å²) in [6.45, 7) is 3.88. The molecule has 0 unspecified atom stereocenters. The van der Waals surface area contributed by atoms with Gasteiger partial charge in [0.15, 0.2) is 0 Å². The highest BCUT2D eigenvalue weighted by Crippen LogP contribution is 2.24. The van der Waals surface area contributed by atoms with Crippen molar-refractivity contribution in [2.24, 2.45) is 0 Å². The summed E-state index contributed by atoms with van der Waals surface area (Å²) in [4.78, 5) is 28.2. The van der Waals surface area contributed by atoms with Crippen molar-refractivity contribution in [3.05, 3.63) is 35.4 Å². The van der Waals surface area contributed by atoms with Crippen LogP contribution in [-0.2, 0) is 16.0 Å². The first-order valence-corrected chi connectivity index (χ1v) is 9.43. The minimum atomic E-state index is -0.931. The number of carbonyl (C=O) groups is 2. The molecule has 0 spiro atoms. The molecule has 26 heavy (non-hydrogen) atoms. The Kier molecular flexibility index (Phi) is 6.27. The van der Waals surface area contributed by atoms with E-state index in [9.17, 15) is 9.59 Å². The van der Waals surface area contributed by atoms with Crippen molar-refractivity contribution in [3.8, 4) is 0 Å². The number of ether oxygens (including phenoxy) is 1. The van der Waals surface area contributed by atoms with E-state index in [1.807, 2.05) is 4.90 Å². The molecule has 0 aliphatic carbocycles. The lowest BCUT2D eigenvalue weighted by Crippen LogP contribution is -2.42. The first-order chi connectivity index (χ1) is 12.6. The van der Waals surface area contributed by atoms with E-state index < -0.39 is 5.97 Å². The number of aromatic carboxylic acids is 1. The maximum absolute atomic E-state index is 12.8. The van der Waals surface area contributed by atoms with Crippen LogP contribution in [0.15, 0.2) is 24.3 Å². The molecular formula is C20H28N2O4. The summed E-state index contributed by atoms with van der Waals surface area (Å²) in [6, 6.07) is 7.00. The Hall–Kier alpha value is -1.92. The van der Waals surface area contributed by atoms with Gasteiger partial charge < -0.3 is 19.6 Å². The highest BCUT2D eigenvalue weighted by molar-refractivity contribution is 5.87. The van der Waals surface area contributed by atoms with Crippen LogP contribution in [0.4, 0.5) is 0 Å². The van der Waals surface area contributed by atoms with Crippen molar-refractivity contribution in [2.75, 3.05) is 33.3 Å². The Bertz CT molecular complexity index is 625. The molecule has 2 aliphatic rings. The van der Waals surface area contributed by atoms with Crippen LogP contribution in [0.25, 0.3) is 0 Å². The second-order valence-corrected chi connectivity index (χ2v) is 7.30. The van der Waals surface area contributed by atoms with Crippen LogP contribution in [0.2, 0.25) is 0 Å². The molecule has 1 N–H and O–H groups in total. The number of benzene rings is 1. The molecule has 1 amide bonds. The summed E-state index contributed by atoms with van der Waals surface area (Å²) >= 11 is 0. The molecule has 2 heterocycles. The molecular weight excluding hydrogens is 332 g/mol. The molecule has 3 rings (SSSR count). The van der Waals surface area contributed by atoms with Gasteiger partial charge in [-0.15, -0.1) is 0 Å². The van der Waals surface area contributed by atoms with E-state index in [2.05, 4.69) is 4.90 Å². The van der Waals surface area contributed by atoms with Crippen LogP contribution in [0.1, 0.15) is 41.6 Å². The number of nitrogens with zero attached hydrogens (tertiary/aromatic N) is 2. The number of carbonyl (C=O) groups excluding carboxylic acids is 1. The zero-order chi connectivity index (χ0) is 18.5. The van der Waals surface area contributed by atoms with Gasteiger partial charge in [0, 0.05) is 32.7 Å². The lowest BCUT2D eigenvalue weighted by atomic mass is 10.1. The van der Waals surface area contributed by atoms with Crippen molar-refractivity contribution >= 4 is 11.9 Å². The second kappa shape index (κ2) is 8.64. The van der Waals surface area contributed by atoms with E-state index in [0.717, 1.165) is 31.6 Å². The van der Waals surface area contributed by atoms with E-state index >= 15 is 0 Å². The zero-order valence-corrected chi connectivity index (χ0v) is 15.4. The molecule has 0 radical (unpaired) electrons. The number of rotatable bonds is 7. The van der Waals surface area contributed by atoms with Crippen molar-refractivity contribution < 1.29 is 19.4 Å². The fraction of sp³-hybridized carbons (Fsp3) is 0.600. The monoisotopic (exact) mass is 360 g/mol. The van der Waals surface area contributed by atoms with Crippen LogP contribution in [0.3, 0.4) is 0 Å². The fourth-order valence-electron chi connectivity index (χ4n) is 4.00. The Morgan fingerprint density at radius 2 is 1.88 bits per heavy atom. The quantitative estimate of drug-likeness (QED) is 0.806. The highest BCUT2D eigenvalue weighted by Gasteiger charge is 2.36. The number of hydrogen-bond donors (Lipinski definition) is 1.